The molecule has 1 atom stereocenters. The van der Waals surface area contributed by atoms with Crippen LogP contribution < -0.4 is 15.4 Å². The zero-order chi connectivity index (χ0) is 18.8. The molecule has 3 N–H and O–H groups in total. The van der Waals surface area contributed by atoms with Crippen molar-refractivity contribution in [3.63, 3.8) is 0 Å². The van der Waals surface area contributed by atoms with Gasteiger partial charge in [-0.15, -0.1) is 24.0 Å². The summed E-state index contributed by atoms with van der Waals surface area (Å²) in [5.74, 6) is 1.28. The largest absolute Gasteiger partial charge is 0.355 e. The average Bonchev–Trinajstić information content (AvgIpc) is 2.59. The first kappa shape index (κ1) is 24.9. The van der Waals surface area contributed by atoms with Crippen LogP contribution in [0.15, 0.2) is 4.99 Å². The van der Waals surface area contributed by atoms with Gasteiger partial charge in [0.1, 0.15) is 0 Å². The van der Waals surface area contributed by atoms with E-state index in [0.29, 0.717) is 31.0 Å². The Morgan fingerprint density at radius 1 is 1.11 bits per heavy atom. The zero-order valence-corrected chi connectivity index (χ0v) is 20.0. The molecule has 0 aromatic rings. The van der Waals surface area contributed by atoms with Gasteiger partial charge in [-0.1, -0.05) is 19.8 Å². The molecule has 0 bridgehead atoms. The Kier molecular flexibility index (Phi) is 12.1. The number of hydrogen-bond donors (Lipinski definition) is 3. The van der Waals surface area contributed by atoms with E-state index in [4.69, 9.17) is 0 Å². The van der Waals surface area contributed by atoms with Crippen molar-refractivity contribution >= 4 is 40.0 Å². The molecule has 160 valence electrons. The fraction of sp³-hybridized carbons (Fsp3) is 0.944. The Labute approximate surface area is 182 Å². The van der Waals surface area contributed by atoms with Gasteiger partial charge in [-0.25, -0.2) is 13.1 Å². The fourth-order valence-corrected chi connectivity index (χ4v) is 4.68. The lowest BCUT2D eigenvalue weighted by atomic mass is 9.86. The first-order chi connectivity index (χ1) is 12.5. The van der Waals surface area contributed by atoms with Gasteiger partial charge in [0.05, 0.1) is 5.75 Å². The maximum Gasteiger partial charge on any atom is 0.213 e. The number of nitrogens with zero attached hydrogens (tertiary/aromatic N) is 2. The van der Waals surface area contributed by atoms with Crippen molar-refractivity contribution in [3.05, 3.63) is 0 Å². The third kappa shape index (κ3) is 9.27. The van der Waals surface area contributed by atoms with E-state index in [0.717, 1.165) is 25.9 Å². The highest BCUT2D eigenvalue weighted by Gasteiger charge is 2.21. The molecule has 0 aromatic carbocycles. The maximum atomic E-state index is 12.0. The van der Waals surface area contributed by atoms with Gasteiger partial charge >= 0.3 is 0 Å². The number of sulfonamides is 1. The Morgan fingerprint density at radius 3 is 2.48 bits per heavy atom. The fourth-order valence-electron chi connectivity index (χ4n) is 3.67. The highest BCUT2D eigenvalue weighted by atomic mass is 127. The summed E-state index contributed by atoms with van der Waals surface area (Å²) in [5.41, 5.74) is 0. The Morgan fingerprint density at radius 2 is 1.85 bits per heavy atom. The molecule has 2 aliphatic rings. The van der Waals surface area contributed by atoms with Crippen molar-refractivity contribution in [2.45, 2.75) is 57.9 Å². The predicted molar refractivity (Wildman–Crippen MR) is 123 cm³/mol. The van der Waals surface area contributed by atoms with Crippen LogP contribution in [0.25, 0.3) is 0 Å². The van der Waals surface area contributed by atoms with Gasteiger partial charge in [0.25, 0.3) is 0 Å². The summed E-state index contributed by atoms with van der Waals surface area (Å²) < 4.78 is 26.7. The van der Waals surface area contributed by atoms with E-state index in [9.17, 15) is 8.42 Å². The third-order valence-electron chi connectivity index (χ3n) is 5.62. The Balaban J connectivity index is 0.00000364. The lowest BCUT2D eigenvalue weighted by molar-refractivity contribution is 0.147. The van der Waals surface area contributed by atoms with E-state index >= 15 is 0 Å². The summed E-state index contributed by atoms with van der Waals surface area (Å²) >= 11 is 0. The van der Waals surface area contributed by atoms with Gasteiger partial charge in [0.2, 0.25) is 10.0 Å². The number of piperidine rings is 1. The molecule has 1 unspecified atom stereocenters. The molecule has 2 rings (SSSR count). The first-order valence-corrected chi connectivity index (χ1v) is 11.8. The summed E-state index contributed by atoms with van der Waals surface area (Å²) in [4.78, 5) is 6.74. The molecule has 9 heteroatoms. The summed E-state index contributed by atoms with van der Waals surface area (Å²) in [7, 11) is -1.49. The van der Waals surface area contributed by atoms with Crippen LogP contribution in [0.1, 0.15) is 51.9 Å². The van der Waals surface area contributed by atoms with E-state index in [2.05, 4.69) is 32.2 Å². The van der Waals surface area contributed by atoms with Gasteiger partial charge in [-0.05, 0) is 44.6 Å². The lowest BCUT2D eigenvalue weighted by Crippen LogP contribution is -2.46. The van der Waals surface area contributed by atoms with Crippen molar-refractivity contribution in [2.24, 2.45) is 10.9 Å². The van der Waals surface area contributed by atoms with Crippen LogP contribution in [0.3, 0.4) is 0 Å². The number of nitrogens with one attached hydrogen (secondary N) is 3. The molecule has 1 heterocycles. The number of guanidine groups is 1. The second-order valence-electron chi connectivity index (χ2n) is 7.48. The highest BCUT2D eigenvalue weighted by Crippen LogP contribution is 2.25. The number of rotatable bonds is 10. The molecule has 1 aliphatic heterocycles. The summed E-state index contributed by atoms with van der Waals surface area (Å²) in [6.45, 7) is 6.21. The SMILES string of the molecule is CCC1CCCCN1CCNC(=NC)NCCS(=O)(=O)NCC1CCC1.I. The van der Waals surface area contributed by atoms with Crippen LogP contribution in [-0.4, -0.2) is 70.8 Å². The molecule has 1 saturated carbocycles. The third-order valence-corrected chi connectivity index (χ3v) is 6.96. The second-order valence-corrected chi connectivity index (χ2v) is 9.41. The van der Waals surface area contributed by atoms with E-state index in [1.54, 1.807) is 7.05 Å². The van der Waals surface area contributed by atoms with Crippen LogP contribution in [-0.2, 0) is 10.0 Å². The second kappa shape index (κ2) is 13.2. The van der Waals surface area contributed by atoms with E-state index in [1.165, 1.54) is 38.6 Å². The van der Waals surface area contributed by atoms with Crippen molar-refractivity contribution in [3.8, 4) is 0 Å². The molecule has 0 radical (unpaired) electrons. The summed E-state index contributed by atoms with van der Waals surface area (Å²) in [6.07, 6.45) is 8.66. The smallest absolute Gasteiger partial charge is 0.213 e. The maximum absolute atomic E-state index is 12.0. The van der Waals surface area contributed by atoms with Gasteiger partial charge < -0.3 is 10.6 Å². The quantitative estimate of drug-likeness (QED) is 0.235. The monoisotopic (exact) mass is 515 g/mol. The standard InChI is InChI=1S/C18H37N5O2S.HI/c1-3-17-9-4-5-12-23(17)13-10-20-18(19-2)21-11-14-26(24,25)22-15-16-7-6-8-16;/h16-17,22H,3-15H2,1-2H3,(H2,19,20,21);1H. The van der Waals surface area contributed by atoms with Crippen LogP contribution >= 0.6 is 24.0 Å². The first-order valence-electron chi connectivity index (χ1n) is 10.2. The van der Waals surface area contributed by atoms with Crippen LogP contribution in [0.5, 0.6) is 0 Å². The van der Waals surface area contributed by atoms with Gasteiger partial charge in [-0.2, -0.15) is 0 Å². The zero-order valence-electron chi connectivity index (χ0n) is 16.9. The summed E-state index contributed by atoms with van der Waals surface area (Å²) in [6, 6.07) is 0.701. The molecule has 7 nitrogen and oxygen atoms in total. The summed E-state index contributed by atoms with van der Waals surface area (Å²) in [5, 5.41) is 6.40. The molecule has 0 aromatic heterocycles. The molecule has 0 amide bonds. The average molecular weight is 516 g/mol. The van der Waals surface area contributed by atoms with Crippen molar-refractivity contribution < 1.29 is 8.42 Å². The lowest BCUT2D eigenvalue weighted by Gasteiger charge is -2.35. The molecule has 0 spiro atoms. The Bertz CT molecular complexity index is 540. The number of hydrogen-bond acceptors (Lipinski definition) is 4. The van der Waals surface area contributed by atoms with Crippen LogP contribution in [0, 0.1) is 5.92 Å². The van der Waals surface area contributed by atoms with Crippen LogP contribution in [0.4, 0.5) is 0 Å². The van der Waals surface area contributed by atoms with E-state index in [-0.39, 0.29) is 29.7 Å². The molecule has 1 aliphatic carbocycles. The Hall–Kier alpha value is -0.130. The number of halogens is 1. The van der Waals surface area contributed by atoms with E-state index in [1.807, 2.05) is 0 Å². The topological polar surface area (TPSA) is 85.8 Å². The molecule has 1 saturated heterocycles. The van der Waals surface area contributed by atoms with Crippen molar-refractivity contribution in [2.75, 3.05) is 45.5 Å². The molecular formula is C18H38IN5O2S. The minimum Gasteiger partial charge on any atom is -0.355 e. The number of likely N-dealkylation sites (tertiary alicyclic amines) is 1. The van der Waals surface area contributed by atoms with Crippen molar-refractivity contribution in [1.29, 1.82) is 0 Å². The molecule has 27 heavy (non-hydrogen) atoms. The normalized spacial score (nSPS) is 22.0. The van der Waals surface area contributed by atoms with Gasteiger partial charge in [-0.3, -0.25) is 9.89 Å². The minimum atomic E-state index is -3.21. The van der Waals surface area contributed by atoms with Crippen molar-refractivity contribution in [1.82, 2.24) is 20.3 Å². The predicted octanol–water partition coefficient (Wildman–Crippen LogP) is 1.75. The molecular weight excluding hydrogens is 477 g/mol. The highest BCUT2D eigenvalue weighted by molar-refractivity contribution is 14.0. The van der Waals surface area contributed by atoms with Crippen LogP contribution in [0.2, 0.25) is 0 Å². The van der Waals surface area contributed by atoms with Gasteiger partial charge in [0.15, 0.2) is 5.96 Å². The number of aliphatic imine (C=N–C) groups is 1. The minimum absolute atomic E-state index is 0. The molecule has 2 fully saturated rings. The van der Waals surface area contributed by atoms with E-state index < -0.39 is 10.0 Å². The van der Waals surface area contributed by atoms with Gasteiger partial charge in [0, 0.05) is 39.3 Å².